The van der Waals surface area contributed by atoms with E-state index in [1.165, 1.54) is 5.56 Å². The molecule has 1 unspecified atom stereocenters. The minimum atomic E-state index is 0.0875. The van der Waals surface area contributed by atoms with Gasteiger partial charge in [-0.2, -0.15) is 0 Å². The van der Waals surface area contributed by atoms with Crippen LogP contribution in [-0.2, 0) is 0 Å². The van der Waals surface area contributed by atoms with Crippen molar-refractivity contribution in [3.63, 3.8) is 0 Å². The number of aromatic nitrogens is 1. The fraction of sp³-hybridized carbons (Fsp3) is 0.400. The number of carbonyl (C=O) groups excluding carboxylic acids is 1. The molecule has 0 radical (unpaired) electrons. The maximum atomic E-state index is 12.5. The summed E-state index contributed by atoms with van der Waals surface area (Å²) in [4.78, 5) is 18.6. The van der Waals surface area contributed by atoms with Crippen LogP contribution in [0.2, 0.25) is 0 Å². The van der Waals surface area contributed by atoms with Crippen molar-refractivity contribution in [3.05, 3.63) is 59.4 Å². The van der Waals surface area contributed by atoms with Crippen molar-refractivity contribution >= 4 is 5.91 Å². The predicted octanol–water partition coefficient (Wildman–Crippen LogP) is 3.63. The lowest BCUT2D eigenvalue weighted by Gasteiger charge is -2.16. The largest absolute Gasteiger partial charge is 0.494 e. The number of hydrogen-bond donors (Lipinski definition) is 0. The van der Waals surface area contributed by atoms with Gasteiger partial charge >= 0.3 is 0 Å². The standard InChI is InChI=1S/C20H24N2O2/c1-15-3-7-19(8-4-15)24-12-10-17-9-11-22(14-17)20(23)18-6-5-16(2)21-13-18/h3-8,13,17H,9-12,14H2,1-2H3. The van der Waals surface area contributed by atoms with Crippen LogP contribution in [-0.4, -0.2) is 35.5 Å². The number of carbonyl (C=O) groups is 1. The molecule has 24 heavy (non-hydrogen) atoms. The molecule has 0 saturated carbocycles. The van der Waals surface area contributed by atoms with E-state index in [0.29, 0.717) is 18.1 Å². The van der Waals surface area contributed by atoms with Gasteiger partial charge in [0.1, 0.15) is 5.75 Å². The van der Waals surface area contributed by atoms with Gasteiger partial charge in [-0.15, -0.1) is 0 Å². The fourth-order valence-electron chi connectivity index (χ4n) is 3.01. The van der Waals surface area contributed by atoms with E-state index < -0.39 is 0 Å². The molecule has 1 saturated heterocycles. The summed E-state index contributed by atoms with van der Waals surface area (Å²) >= 11 is 0. The van der Waals surface area contributed by atoms with Crippen LogP contribution >= 0.6 is 0 Å². The molecule has 4 nitrogen and oxygen atoms in total. The number of benzene rings is 1. The Morgan fingerprint density at radius 3 is 2.71 bits per heavy atom. The van der Waals surface area contributed by atoms with Crippen molar-refractivity contribution in [2.45, 2.75) is 26.7 Å². The molecule has 0 spiro atoms. The second-order valence-electron chi connectivity index (χ2n) is 6.54. The van der Waals surface area contributed by atoms with E-state index in [1.54, 1.807) is 6.20 Å². The number of aryl methyl sites for hydroxylation is 2. The summed E-state index contributed by atoms with van der Waals surface area (Å²) in [5.41, 5.74) is 2.84. The lowest BCUT2D eigenvalue weighted by atomic mass is 10.1. The molecule has 1 amide bonds. The van der Waals surface area contributed by atoms with Gasteiger partial charge < -0.3 is 9.64 Å². The van der Waals surface area contributed by atoms with Gasteiger partial charge in [0.25, 0.3) is 5.91 Å². The third-order valence-electron chi connectivity index (χ3n) is 4.55. The highest BCUT2D eigenvalue weighted by atomic mass is 16.5. The van der Waals surface area contributed by atoms with Gasteiger partial charge in [0.05, 0.1) is 12.2 Å². The van der Waals surface area contributed by atoms with Crippen LogP contribution in [0.25, 0.3) is 0 Å². The van der Waals surface area contributed by atoms with Crippen LogP contribution in [0.4, 0.5) is 0 Å². The first-order chi connectivity index (χ1) is 11.6. The molecule has 1 aromatic heterocycles. The molecule has 0 N–H and O–H groups in total. The van der Waals surface area contributed by atoms with Crippen molar-refractivity contribution < 1.29 is 9.53 Å². The first kappa shape index (κ1) is 16.5. The molecule has 0 aliphatic carbocycles. The lowest BCUT2D eigenvalue weighted by molar-refractivity contribution is 0.0785. The van der Waals surface area contributed by atoms with Crippen molar-refractivity contribution in [3.8, 4) is 5.75 Å². The van der Waals surface area contributed by atoms with Crippen LogP contribution < -0.4 is 4.74 Å². The Morgan fingerprint density at radius 2 is 2.00 bits per heavy atom. The molecule has 4 heteroatoms. The van der Waals surface area contributed by atoms with Gasteiger partial charge in [-0.05, 0) is 56.9 Å². The quantitative estimate of drug-likeness (QED) is 0.843. The molecule has 1 atom stereocenters. The highest BCUT2D eigenvalue weighted by Gasteiger charge is 2.26. The van der Waals surface area contributed by atoms with E-state index in [4.69, 9.17) is 4.74 Å². The number of likely N-dealkylation sites (tertiary alicyclic amines) is 1. The van der Waals surface area contributed by atoms with E-state index >= 15 is 0 Å². The van der Waals surface area contributed by atoms with Crippen LogP contribution in [0.1, 0.15) is 34.5 Å². The molecule has 3 rings (SSSR count). The maximum absolute atomic E-state index is 12.5. The Labute approximate surface area is 143 Å². The molecule has 2 heterocycles. The zero-order chi connectivity index (χ0) is 16.9. The van der Waals surface area contributed by atoms with Crippen LogP contribution in [0.3, 0.4) is 0 Å². The summed E-state index contributed by atoms with van der Waals surface area (Å²) in [6.07, 6.45) is 3.69. The normalized spacial score (nSPS) is 17.1. The Morgan fingerprint density at radius 1 is 1.21 bits per heavy atom. The van der Waals surface area contributed by atoms with Crippen LogP contribution in [0, 0.1) is 19.8 Å². The highest BCUT2D eigenvalue weighted by Crippen LogP contribution is 2.22. The molecule has 1 aliphatic rings. The minimum absolute atomic E-state index is 0.0875. The molecule has 126 valence electrons. The minimum Gasteiger partial charge on any atom is -0.494 e. The third kappa shape index (κ3) is 4.13. The summed E-state index contributed by atoms with van der Waals surface area (Å²) in [6.45, 7) is 6.32. The van der Waals surface area contributed by atoms with Crippen molar-refractivity contribution in [1.82, 2.24) is 9.88 Å². The first-order valence-electron chi connectivity index (χ1n) is 8.53. The van der Waals surface area contributed by atoms with Crippen molar-refractivity contribution in [1.29, 1.82) is 0 Å². The molecule has 2 aromatic rings. The van der Waals surface area contributed by atoms with Crippen molar-refractivity contribution in [2.75, 3.05) is 19.7 Å². The lowest BCUT2D eigenvalue weighted by Crippen LogP contribution is -2.29. The van der Waals surface area contributed by atoms with Gasteiger partial charge in [-0.25, -0.2) is 0 Å². The van der Waals surface area contributed by atoms with Gasteiger partial charge in [-0.1, -0.05) is 17.7 Å². The molecule has 1 aliphatic heterocycles. The monoisotopic (exact) mass is 324 g/mol. The number of pyridine rings is 1. The molecular weight excluding hydrogens is 300 g/mol. The summed E-state index contributed by atoms with van der Waals surface area (Å²) in [6, 6.07) is 11.9. The van der Waals surface area contributed by atoms with E-state index in [-0.39, 0.29) is 5.91 Å². The Balaban J connectivity index is 1.46. The molecule has 1 fully saturated rings. The number of nitrogens with zero attached hydrogens (tertiary/aromatic N) is 2. The summed E-state index contributed by atoms with van der Waals surface area (Å²) in [7, 11) is 0. The van der Waals surface area contributed by atoms with Gasteiger partial charge in [0, 0.05) is 25.0 Å². The van der Waals surface area contributed by atoms with Gasteiger partial charge in [-0.3, -0.25) is 9.78 Å². The van der Waals surface area contributed by atoms with E-state index in [2.05, 4.69) is 24.0 Å². The summed E-state index contributed by atoms with van der Waals surface area (Å²) < 4.78 is 5.80. The Kier molecular flexibility index (Phi) is 5.14. The first-order valence-corrected chi connectivity index (χ1v) is 8.53. The SMILES string of the molecule is Cc1ccc(OCCC2CCN(C(=O)c3ccc(C)nc3)C2)cc1. The average Bonchev–Trinajstić information content (AvgIpc) is 3.06. The smallest absolute Gasteiger partial charge is 0.255 e. The summed E-state index contributed by atoms with van der Waals surface area (Å²) in [5.74, 6) is 1.51. The predicted molar refractivity (Wildman–Crippen MR) is 94.3 cm³/mol. The number of amides is 1. The average molecular weight is 324 g/mol. The van der Waals surface area contributed by atoms with Gasteiger partial charge in [0.15, 0.2) is 0 Å². The third-order valence-corrected chi connectivity index (χ3v) is 4.55. The van der Waals surface area contributed by atoms with E-state index in [9.17, 15) is 4.79 Å². The highest BCUT2D eigenvalue weighted by molar-refractivity contribution is 5.94. The molecule has 1 aromatic carbocycles. The topological polar surface area (TPSA) is 42.4 Å². The Bertz CT molecular complexity index is 680. The maximum Gasteiger partial charge on any atom is 0.255 e. The molecule has 0 bridgehead atoms. The van der Waals surface area contributed by atoms with Crippen LogP contribution in [0.15, 0.2) is 42.6 Å². The number of rotatable bonds is 5. The Hall–Kier alpha value is -2.36. The number of hydrogen-bond acceptors (Lipinski definition) is 3. The van der Waals surface area contributed by atoms with E-state index in [0.717, 1.165) is 37.4 Å². The summed E-state index contributed by atoms with van der Waals surface area (Å²) in [5, 5.41) is 0. The number of ether oxygens (including phenoxy) is 1. The second-order valence-corrected chi connectivity index (χ2v) is 6.54. The second kappa shape index (κ2) is 7.47. The zero-order valence-corrected chi connectivity index (χ0v) is 14.4. The van der Waals surface area contributed by atoms with Crippen LogP contribution in [0.5, 0.6) is 5.75 Å². The molecular formula is C20H24N2O2. The van der Waals surface area contributed by atoms with Crippen molar-refractivity contribution in [2.24, 2.45) is 5.92 Å². The fourth-order valence-corrected chi connectivity index (χ4v) is 3.01. The zero-order valence-electron chi connectivity index (χ0n) is 14.4. The van der Waals surface area contributed by atoms with E-state index in [1.807, 2.05) is 36.1 Å². The van der Waals surface area contributed by atoms with Gasteiger partial charge in [0.2, 0.25) is 0 Å².